The first-order valence-corrected chi connectivity index (χ1v) is 4.67. The maximum atomic E-state index is 5.34. The van der Waals surface area contributed by atoms with E-state index in [2.05, 4.69) is 32.9 Å². The topological polar surface area (TPSA) is 9.23 Å². The van der Waals surface area contributed by atoms with E-state index in [-0.39, 0.29) is 5.60 Å². The van der Waals surface area contributed by atoms with E-state index < -0.39 is 0 Å². The lowest BCUT2D eigenvalue weighted by atomic mass is 10.1. The van der Waals surface area contributed by atoms with Gasteiger partial charge in [0.1, 0.15) is 10.5 Å². The Morgan fingerprint density at radius 1 is 1.50 bits per heavy atom. The summed E-state index contributed by atoms with van der Waals surface area (Å²) in [6.45, 7) is 6.36. The van der Waals surface area contributed by atoms with Crippen LogP contribution in [0.2, 0.25) is 0 Å². The molecule has 0 aromatic heterocycles. The van der Waals surface area contributed by atoms with Crippen LogP contribution in [0.4, 0.5) is 0 Å². The molecule has 0 bridgehead atoms. The minimum Gasteiger partial charge on any atom is -0.420 e. The van der Waals surface area contributed by atoms with Crippen LogP contribution in [-0.2, 0) is 4.43 Å². The normalized spacial score (nSPS) is 13.1. The summed E-state index contributed by atoms with van der Waals surface area (Å²) in [5.41, 5.74) is -0.0264. The Labute approximate surface area is 67.0 Å². The van der Waals surface area contributed by atoms with Crippen LogP contribution < -0.4 is 0 Å². The van der Waals surface area contributed by atoms with Crippen molar-refractivity contribution in [1.29, 1.82) is 0 Å². The zero-order chi connectivity index (χ0) is 8.04. The number of allylic oxidation sites excluding steroid dienone is 1. The van der Waals surface area contributed by atoms with Gasteiger partial charge in [0, 0.05) is 0 Å². The lowest BCUT2D eigenvalue weighted by Crippen LogP contribution is -2.19. The standard InChI is InChI=1S/C8H18OSi/c1-4-5-6-7-8(2,3)9-10/h6-7H,4-5H2,1-3,10H3. The van der Waals surface area contributed by atoms with Crippen LogP contribution in [0.25, 0.3) is 0 Å². The summed E-state index contributed by atoms with van der Waals surface area (Å²) in [7, 11) is 0.814. The van der Waals surface area contributed by atoms with Crippen LogP contribution in [0.1, 0.15) is 33.6 Å². The van der Waals surface area contributed by atoms with E-state index in [4.69, 9.17) is 4.43 Å². The van der Waals surface area contributed by atoms with Crippen molar-refractivity contribution in [2.75, 3.05) is 0 Å². The summed E-state index contributed by atoms with van der Waals surface area (Å²) in [5, 5.41) is 0. The highest BCUT2D eigenvalue weighted by Gasteiger charge is 2.08. The van der Waals surface area contributed by atoms with Gasteiger partial charge in [0.05, 0.1) is 5.60 Å². The van der Waals surface area contributed by atoms with Crippen molar-refractivity contribution in [1.82, 2.24) is 0 Å². The molecule has 0 aromatic carbocycles. The van der Waals surface area contributed by atoms with Crippen molar-refractivity contribution in [3.05, 3.63) is 12.2 Å². The fourth-order valence-electron chi connectivity index (χ4n) is 0.602. The molecular weight excluding hydrogens is 140 g/mol. The number of hydrogen-bond acceptors (Lipinski definition) is 1. The van der Waals surface area contributed by atoms with Gasteiger partial charge in [-0.3, -0.25) is 0 Å². The van der Waals surface area contributed by atoms with Crippen molar-refractivity contribution in [2.45, 2.75) is 39.2 Å². The maximum Gasteiger partial charge on any atom is 0.147 e. The van der Waals surface area contributed by atoms with Crippen molar-refractivity contribution in [3.63, 3.8) is 0 Å². The molecule has 0 radical (unpaired) electrons. The summed E-state index contributed by atoms with van der Waals surface area (Å²) in [6.07, 6.45) is 6.71. The SMILES string of the molecule is CCCC=CC(C)(C)O[SiH3]. The molecule has 2 heteroatoms. The summed E-state index contributed by atoms with van der Waals surface area (Å²) in [4.78, 5) is 0. The largest absolute Gasteiger partial charge is 0.420 e. The Morgan fingerprint density at radius 3 is 2.50 bits per heavy atom. The van der Waals surface area contributed by atoms with Gasteiger partial charge in [-0.2, -0.15) is 0 Å². The van der Waals surface area contributed by atoms with Gasteiger partial charge in [-0.05, 0) is 20.3 Å². The van der Waals surface area contributed by atoms with Gasteiger partial charge in [-0.25, -0.2) is 0 Å². The fraction of sp³-hybridized carbons (Fsp3) is 0.750. The first kappa shape index (κ1) is 9.92. The predicted octanol–water partition coefficient (Wildman–Crippen LogP) is 1.42. The molecule has 0 amide bonds. The summed E-state index contributed by atoms with van der Waals surface area (Å²) in [6, 6.07) is 0. The highest BCUT2D eigenvalue weighted by atomic mass is 28.2. The van der Waals surface area contributed by atoms with E-state index in [1.165, 1.54) is 6.42 Å². The summed E-state index contributed by atoms with van der Waals surface area (Å²) >= 11 is 0. The van der Waals surface area contributed by atoms with E-state index in [1.807, 2.05) is 0 Å². The first-order chi connectivity index (χ1) is 4.62. The van der Waals surface area contributed by atoms with E-state index in [0.717, 1.165) is 16.9 Å². The van der Waals surface area contributed by atoms with Crippen LogP contribution in [0.15, 0.2) is 12.2 Å². The Kier molecular flexibility index (Phi) is 4.65. The molecule has 0 fully saturated rings. The molecule has 0 aliphatic rings. The van der Waals surface area contributed by atoms with Gasteiger partial charge in [-0.15, -0.1) is 0 Å². The first-order valence-electron chi connectivity index (χ1n) is 3.85. The number of hydrogen-bond donors (Lipinski definition) is 0. The second kappa shape index (κ2) is 4.69. The molecule has 0 aliphatic carbocycles. The van der Waals surface area contributed by atoms with Gasteiger partial charge in [0.25, 0.3) is 0 Å². The van der Waals surface area contributed by atoms with Crippen molar-refractivity contribution >= 4 is 10.5 Å². The van der Waals surface area contributed by atoms with Gasteiger partial charge in [0.15, 0.2) is 0 Å². The van der Waals surface area contributed by atoms with Crippen LogP contribution in [0.3, 0.4) is 0 Å². The van der Waals surface area contributed by atoms with Crippen LogP contribution in [0, 0.1) is 0 Å². The van der Waals surface area contributed by atoms with E-state index >= 15 is 0 Å². The lowest BCUT2D eigenvalue weighted by molar-refractivity contribution is 0.180. The monoisotopic (exact) mass is 158 g/mol. The second-order valence-corrected chi connectivity index (χ2v) is 3.41. The zero-order valence-corrected chi connectivity index (χ0v) is 9.48. The molecule has 60 valence electrons. The molecule has 0 saturated carbocycles. The van der Waals surface area contributed by atoms with Gasteiger partial charge >= 0.3 is 0 Å². The van der Waals surface area contributed by atoms with Crippen LogP contribution >= 0.6 is 0 Å². The van der Waals surface area contributed by atoms with Crippen molar-refractivity contribution in [3.8, 4) is 0 Å². The molecule has 0 aromatic rings. The Hall–Kier alpha value is -0.0831. The number of rotatable bonds is 4. The molecule has 0 aliphatic heterocycles. The molecule has 1 nitrogen and oxygen atoms in total. The molecule has 0 saturated heterocycles. The zero-order valence-electron chi connectivity index (χ0n) is 7.48. The predicted molar refractivity (Wildman–Crippen MR) is 49.2 cm³/mol. The van der Waals surface area contributed by atoms with Crippen molar-refractivity contribution < 1.29 is 4.43 Å². The fourth-order valence-corrected chi connectivity index (χ4v) is 0.738. The van der Waals surface area contributed by atoms with Gasteiger partial charge < -0.3 is 4.43 Å². The van der Waals surface area contributed by atoms with Crippen LogP contribution in [0.5, 0.6) is 0 Å². The van der Waals surface area contributed by atoms with Gasteiger partial charge in [-0.1, -0.05) is 25.5 Å². The minimum atomic E-state index is -0.0264. The molecule has 10 heavy (non-hydrogen) atoms. The molecule has 0 N–H and O–H groups in total. The average molecular weight is 158 g/mol. The molecular formula is C8H18OSi. The quantitative estimate of drug-likeness (QED) is 0.444. The van der Waals surface area contributed by atoms with Crippen molar-refractivity contribution in [2.24, 2.45) is 0 Å². The Morgan fingerprint density at radius 2 is 2.10 bits per heavy atom. The Bertz CT molecular complexity index is 108. The maximum absolute atomic E-state index is 5.34. The molecule has 0 spiro atoms. The van der Waals surface area contributed by atoms with E-state index in [0.29, 0.717) is 0 Å². The average Bonchev–Trinajstić information content (AvgIpc) is 1.89. The molecule has 0 rings (SSSR count). The Balaban J connectivity index is 3.63. The summed E-state index contributed by atoms with van der Waals surface area (Å²) in [5.74, 6) is 0. The molecule has 0 atom stereocenters. The smallest absolute Gasteiger partial charge is 0.147 e. The highest BCUT2D eigenvalue weighted by molar-refractivity contribution is 5.98. The minimum absolute atomic E-state index is 0.0264. The van der Waals surface area contributed by atoms with Gasteiger partial charge in [0.2, 0.25) is 0 Å². The highest BCUT2D eigenvalue weighted by Crippen LogP contribution is 2.08. The van der Waals surface area contributed by atoms with E-state index in [9.17, 15) is 0 Å². The number of unbranched alkanes of at least 4 members (excludes halogenated alkanes) is 1. The summed E-state index contributed by atoms with van der Waals surface area (Å²) < 4.78 is 5.34. The molecule has 0 heterocycles. The molecule has 0 unspecified atom stereocenters. The third-order valence-corrected chi connectivity index (χ3v) is 2.55. The third kappa shape index (κ3) is 4.76. The van der Waals surface area contributed by atoms with Crippen LogP contribution in [-0.4, -0.2) is 16.1 Å². The van der Waals surface area contributed by atoms with E-state index in [1.54, 1.807) is 0 Å². The second-order valence-electron chi connectivity index (χ2n) is 3.00. The lowest BCUT2D eigenvalue weighted by Gasteiger charge is -2.18. The third-order valence-electron chi connectivity index (χ3n) is 1.50.